The van der Waals surface area contributed by atoms with E-state index in [1.807, 2.05) is 32.0 Å². The molecule has 0 aliphatic carbocycles. The molecule has 27 heavy (non-hydrogen) atoms. The Morgan fingerprint density at radius 3 is 2.37 bits per heavy atom. The quantitative estimate of drug-likeness (QED) is 0.646. The Hall–Kier alpha value is -2.60. The molecule has 0 aliphatic rings. The molecule has 146 valence electrons. The number of hydrogen-bond donors (Lipinski definition) is 2. The van der Waals surface area contributed by atoms with E-state index in [-0.39, 0.29) is 6.03 Å². The molecule has 2 amide bonds. The van der Waals surface area contributed by atoms with Gasteiger partial charge >= 0.3 is 6.03 Å². The minimum absolute atomic E-state index is 0.343. The summed E-state index contributed by atoms with van der Waals surface area (Å²) >= 11 is 6.06. The average Bonchev–Trinajstić information content (AvgIpc) is 2.64. The number of carbonyl (C=O) groups excluding carboxylic acids is 1. The molecule has 2 rings (SSSR count). The lowest BCUT2D eigenvalue weighted by molar-refractivity contribution is 0.250. The molecule has 0 atom stereocenters. The van der Waals surface area contributed by atoms with Crippen LogP contribution in [0.25, 0.3) is 0 Å². The topological polar surface area (TPSA) is 68.8 Å². The molecule has 0 saturated carbocycles. The summed E-state index contributed by atoms with van der Waals surface area (Å²) < 4.78 is 16.2. The van der Waals surface area contributed by atoms with E-state index in [1.165, 1.54) is 14.2 Å². The van der Waals surface area contributed by atoms with Gasteiger partial charge in [-0.2, -0.15) is 0 Å². The van der Waals surface area contributed by atoms with Crippen molar-refractivity contribution in [1.82, 2.24) is 5.32 Å². The molecule has 0 radical (unpaired) electrons. The first-order chi connectivity index (χ1) is 13.0. The molecular formula is C20H25ClN2O4. The number of amides is 2. The molecule has 7 heteroatoms. The monoisotopic (exact) mass is 392 g/mol. The van der Waals surface area contributed by atoms with E-state index in [1.54, 1.807) is 12.1 Å². The number of benzene rings is 2. The van der Waals surface area contributed by atoms with Crippen molar-refractivity contribution in [1.29, 1.82) is 0 Å². The Balaban J connectivity index is 1.81. The Bertz CT molecular complexity index is 776. The number of methoxy groups -OCH3 is 2. The van der Waals surface area contributed by atoms with E-state index in [9.17, 15) is 4.79 Å². The van der Waals surface area contributed by atoms with Crippen LogP contribution in [0.2, 0.25) is 5.02 Å². The maximum Gasteiger partial charge on any atom is 0.319 e. The Kier molecular flexibility index (Phi) is 7.61. The SMILES string of the molecule is COc1cc(NC(=O)NCCCOc2c(C)cccc2C)c(OC)cc1Cl. The molecule has 6 nitrogen and oxygen atoms in total. The second-order valence-electron chi connectivity index (χ2n) is 5.99. The van der Waals surface area contributed by atoms with Crippen LogP contribution in [0.5, 0.6) is 17.2 Å². The van der Waals surface area contributed by atoms with Gasteiger partial charge in [0.15, 0.2) is 0 Å². The number of nitrogens with one attached hydrogen (secondary N) is 2. The highest BCUT2D eigenvalue weighted by Crippen LogP contribution is 2.35. The van der Waals surface area contributed by atoms with E-state index in [0.717, 1.165) is 16.9 Å². The Labute approximate surface area is 164 Å². The van der Waals surface area contributed by atoms with Crippen LogP contribution in [0.1, 0.15) is 17.5 Å². The summed E-state index contributed by atoms with van der Waals surface area (Å²) in [4.78, 5) is 12.1. The van der Waals surface area contributed by atoms with E-state index in [0.29, 0.717) is 41.8 Å². The highest BCUT2D eigenvalue weighted by molar-refractivity contribution is 6.32. The number of rotatable bonds is 8. The third-order valence-corrected chi connectivity index (χ3v) is 4.28. The largest absolute Gasteiger partial charge is 0.495 e. The summed E-state index contributed by atoms with van der Waals surface area (Å²) in [6, 6.07) is 8.90. The van der Waals surface area contributed by atoms with Gasteiger partial charge in [-0.25, -0.2) is 4.79 Å². The number of carbonyl (C=O) groups is 1. The minimum Gasteiger partial charge on any atom is -0.495 e. The predicted octanol–water partition coefficient (Wildman–Crippen LogP) is 4.56. The second kappa shape index (κ2) is 9.92. The maximum absolute atomic E-state index is 12.1. The fourth-order valence-corrected chi connectivity index (χ4v) is 2.83. The number of para-hydroxylation sites is 1. The van der Waals surface area contributed by atoms with Gasteiger partial charge in [0.25, 0.3) is 0 Å². The highest BCUT2D eigenvalue weighted by Gasteiger charge is 2.12. The zero-order chi connectivity index (χ0) is 19.8. The van der Waals surface area contributed by atoms with Crippen LogP contribution >= 0.6 is 11.6 Å². The first-order valence-electron chi connectivity index (χ1n) is 8.61. The van der Waals surface area contributed by atoms with Crippen molar-refractivity contribution in [2.24, 2.45) is 0 Å². The molecule has 0 spiro atoms. The maximum atomic E-state index is 12.1. The number of ether oxygens (including phenoxy) is 3. The van der Waals surface area contributed by atoms with Gasteiger partial charge in [-0.15, -0.1) is 0 Å². The molecule has 0 fully saturated rings. The number of urea groups is 1. The van der Waals surface area contributed by atoms with Crippen molar-refractivity contribution < 1.29 is 19.0 Å². The molecular weight excluding hydrogens is 368 g/mol. The van der Waals surface area contributed by atoms with Gasteiger partial charge in [0.05, 0.1) is 31.5 Å². The van der Waals surface area contributed by atoms with Crippen LogP contribution < -0.4 is 24.8 Å². The number of hydrogen-bond acceptors (Lipinski definition) is 4. The van der Waals surface area contributed by atoms with E-state index in [4.69, 9.17) is 25.8 Å². The highest BCUT2D eigenvalue weighted by atomic mass is 35.5. The fourth-order valence-electron chi connectivity index (χ4n) is 2.60. The van der Waals surface area contributed by atoms with Gasteiger partial charge in [-0.3, -0.25) is 0 Å². The molecule has 0 saturated heterocycles. The van der Waals surface area contributed by atoms with Crippen LogP contribution in [-0.4, -0.2) is 33.4 Å². The minimum atomic E-state index is -0.343. The van der Waals surface area contributed by atoms with Gasteiger partial charge in [0.2, 0.25) is 0 Å². The molecule has 2 aromatic rings. The van der Waals surface area contributed by atoms with Crippen LogP contribution in [0.15, 0.2) is 30.3 Å². The predicted molar refractivity (Wildman–Crippen MR) is 108 cm³/mol. The van der Waals surface area contributed by atoms with E-state index in [2.05, 4.69) is 10.6 Å². The summed E-state index contributed by atoms with van der Waals surface area (Å²) in [5, 5.41) is 5.93. The molecule has 0 unspecified atom stereocenters. The zero-order valence-electron chi connectivity index (χ0n) is 16.0. The fraction of sp³-hybridized carbons (Fsp3) is 0.350. The van der Waals surface area contributed by atoms with Crippen LogP contribution in [0, 0.1) is 13.8 Å². The number of aryl methyl sites for hydroxylation is 2. The molecule has 2 aromatic carbocycles. The lowest BCUT2D eigenvalue weighted by Crippen LogP contribution is -2.30. The standard InChI is InChI=1S/C20H25ClN2O4/c1-13-7-5-8-14(2)19(13)27-10-6-9-22-20(24)23-16-12-17(25-3)15(21)11-18(16)26-4/h5,7-8,11-12H,6,9-10H2,1-4H3,(H2,22,23,24). The van der Waals surface area contributed by atoms with Gasteiger partial charge in [0.1, 0.15) is 17.2 Å². The summed E-state index contributed by atoms with van der Waals surface area (Å²) in [6.07, 6.45) is 0.683. The Morgan fingerprint density at radius 2 is 1.74 bits per heavy atom. The van der Waals surface area contributed by atoms with E-state index < -0.39 is 0 Å². The van der Waals surface area contributed by atoms with Crippen molar-refractivity contribution in [3.8, 4) is 17.2 Å². The molecule has 0 heterocycles. The van der Waals surface area contributed by atoms with E-state index >= 15 is 0 Å². The van der Waals surface area contributed by atoms with Crippen molar-refractivity contribution >= 4 is 23.3 Å². The Morgan fingerprint density at radius 1 is 1.07 bits per heavy atom. The molecule has 0 aliphatic heterocycles. The van der Waals surface area contributed by atoms with Crippen LogP contribution in [0.4, 0.5) is 10.5 Å². The lowest BCUT2D eigenvalue weighted by atomic mass is 10.1. The van der Waals surface area contributed by atoms with Crippen LogP contribution in [0.3, 0.4) is 0 Å². The van der Waals surface area contributed by atoms with Crippen molar-refractivity contribution in [2.75, 3.05) is 32.7 Å². The van der Waals surface area contributed by atoms with Crippen molar-refractivity contribution in [3.05, 3.63) is 46.5 Å². The summed E-state index contributed by atoms with van der Waals surface area (Å²) in [7, 11) is 3.01. The average molecular weight is 393 g/mol. The van der Waals surface area contributed by atoms with Crippen molar-refractivity contribution in [2.45, 2.75) is 20.3 Å². The smallest absolute Gasteiger partial charge is 0.319 e. The van der Waals surface area contributed by atoms with Gasteiger partial charge < -0.3 is 24.8 Å². The number of halogens is 1. The van der Waals surface area contributed by atoms with Gasteiger partial charge in [0, 0.05) is 18.7 Å². The molecule has 0 bridgehead atoms. The van der Waals surface area contributed by atoms with Gasteiger partial charge in [-0.1, -0.05) is 29.8 Å². The lowest BCUT2D eigenvalue weighted by Gasteiger charge is -2.14. The van der Waals surface area contributed by atoms with Crippen molar-refractivity contribution in [3.63, 3.8) is 0 Å². The molecule has 2 N–H and O–H groups in total. The normalized spacial score (nSPS) is 10.3. The summed E-state index contributed by atoms with van der Waals surface area (Å²) in [5.74, 6) is 1.81. The third kappa shape index (κ3) is 5.69. The number of anilines is 1. The zero-order valence-corrected chi connectivity index (χ0v) is 16.8. The van der Waals surface area contributed by atoms with Crippen LogP contribution in [-0.2, 0) is 0 Å². The third-order valence-electron chi connectivity index (χ3n) is 3.98. The van der Waals surface area contributed by atoms with Gasteiger partial charge in [-0.05, 0) is 31.4 Å². The summed E-state index contributed by atoms with van der Waals surface area (Å²) in [5.41, 5.74) is 2.68. The first kappa shape index (κ1) is 20.7. The first-order valence-corrected chi connectivity index (χ1v) is 8.99. The molecule has 0 aromatic heterocycles. The summed E-state index contributed by atoms with van der Waals surface area (Å²) in [6.45, 7) is 5.03. The second-order valence-corrected chi connectivity index (χ2v) is 6.40.